The summed E-state index contributed by atoms with van der Waals surface area (Å²) >= 11 is 1.86. The van der Waals surface area contributed by atoms with E-state index in [1.165, 1.54) is 0 Å². The number of rotatable bonds is 5. The molecule has 0 spiro atoms. The Morgan fingerprint density at radius 3 is 1.93 bits per heavy atom. The van der Waals surface area contributed by atoms with Crippen molar-refractivity contribution in [1.29, 1.82) is 0 Å². The van der Waals surface area contributed by atoms with Crippen LogP contribution in [-0.4, -0.2) is 23.5 Å². The molecular weight excluding hydrogens is 206 g/mol. The first-order valence-corrected chi connectivity index (χ1v) is 6.87. The summed E-state index contributed by atoms with van der Waals surface area (Å²) < 4.78 is 0.209. The van der Waals surface area contributed by atoms with E-state index >= 15 is 0 Å². The molecule has 0 aromatic carbocycles. The van der Waals surface area contributed by atoms with E-state index in [-0.39, 0.29) is 16.1 Å². The fourth-order valence-electron chi connectivity index (χ4n) is 1.37. The molecule has 0 heterocycles. The average molecular weight is 231 g/mol. The largest absolute Gasteiger partial charge is 0.354 e. The van der Waals surface area contributed by atoms with Crippen LogP contribution in [0, 0.1) is 5.41 Å². The number of thioether (sulfide) groups is 1. The van der Waals surface area contributed by atoms with Crippen molar-refractivity contribution in [2.75, 3.05) is 12.8 Å². The zero-order chi connectivity index (χ0) is 12.1. The number of hydrogen-bond donors (Lipinski definition) is 1. The molecule has 0 saturated heterocycles. The van der Waals surface area contributed by atoms with Crippen molar-refractivity contribution < 1.29 is 4.79 Å². The first-order chi connectivity index (χ1) is 6.81. The summed E-state index contributed by atoms with van der Waals surface area (Å²) in [4.78, 5) is 11.7. The maximum Gasteiger partial charge on any atom is 0.225 e. The van der Waals surface area contributed by atoms with Gasteiger partial charge in [-0.1, -0.05) is 34.6 Å². The van der Waals surface area contributed by atoms with Crippen molar-refractivity contribution in [3.8, 4) is 0 Å². The van der Waals surface area contributed by atoms with Gasteiger partial charge in [0, 0.05) is 16.7 Å². The van der Waals surface area contributed by atoms with Crippen LogP contribution < -0.4 is 5.32 Å². The minimum absolute atomic E-state index is 0.142. The van der Waals surface area contributed by atoms with Crippen LogP contribution >= 0.6 is 11.8 Å². The topological polar surface area (TPSA) is 29.1 Å². The summed E-state index contributed by atoms with van der Waals surface area (Å²) in [6.07, 6.45) is 4.31. The van der Waals surface area contributed by atoms with Crippen LogP contribution in [0.3, 0.4) is 0 Å². The van der Waals surface area contributed by atoms with Crippen LogP contribution in [0.4, 0.5) is 0 Å². The van der Waals surface area contributed by atoms with Crippen LogP contribution in [0.1, 0.15) is 47.5 Å². The third-order valence-corrected chi connectivity index (χ3v) is 4.56. The molecule has 0 aromatic heterocycles. The van der Waals surface area contributed by atoms with Gasteiger partial charge < -0.3 is 5.32 Å². The van der Waals surface area contributed by atoms with Gasteiger partial charge in [0.25, 0.3) is 0 Å². The average Bonchev–Trinajstić information content (AvgIpc) is 2.19. The number of amides is 1. The molecular formula is C12H25NOS. The van der Waals surface area contributed by atoms with Crippen LogP contribution in [0.25, 0.3) is 0 Å². The molecule has 90 valence electrons. The highest BCUT2D eigenvalue weighted by Gasteiger charge is 2.28. The second-order valence-electron chi connectivity index (χ2n) is 5.03. The van der Waals surface area contributed by atoms with Crippen LogP contribution in [0.15, 0.2) is 0 Å². The Hall–Kier alpha value is -0.180. The Kier molecular flexibility index (Phi) is 5.71. The second-order valence-corrected chi connectivity index (χ2v) is 6.30. The Morgan fingerprint density at radius 1 is 1.20 bits per heavy atom. The zero-order valence-corrected chi connectivity index (χ0v) is 11.8. The van der Waals surface area contributed by atoms with Crippen molar-refractivity contribution in [3.63, 3.8) is 0 Å². The lowest BCUT2D eigenvalue weighted by Gasteiger charge is -2.31. The van der Waals surface area contributed by atoms with Gasteiger partial charge in [-0.3, -0.25) is 4.79 Å². The van der Waals surface area contributed by atoms with E-state index in [1.807, 2.05) is 32.5 Å². The lowest BCUT2D eigenvalue weighted by molar-refractivity contribution is -0.128. The molecule has 0 aromatic rings. The lowest BCUT2D eigenvalue weighted by Crippen LogP contribution is -2.43. The van der Waals surface area contributed by atoms with Gasteiger partial charge in [-0.2, -0.15) is 11.8 Å². The first kappa shape index (κ1) is 14.8. The van der Waals surface area contributed by atoms with E-state index in [0.717, 1.165) is 19.4 Å². The maximum atomic E-state index is 11.7. The summed E-state index contributed by atoms with van der Waals surface area (Å²) in [6.45, 7) is 11.0. The predicted octanol–water partition coefficient (Wildman–Crippen LogP) is 3.07. The summed E-state index contributed by atoms with van der Waals surface area (Å²) in [6, 6.07) is 0. The van der Waals surface area contributed by atoms with Crippen molar-refractivity contribution in [3.05, 3.63) is 0 Å². The fraction of sp³-hybridized carbons (Fsp3) is 0.917. The molecule has 0 aliphatic carbocycles. The third kappa shape index (κ3) is 4.45. The van der Waals surface area contributed by atoms with Gasteiger partial charge in [0.2, 0.25) is 5.91 Å². The molecule has 15 heavy (non-hydrogen) atoms. The SMILES string of the molecule is CCC(CC)(CNC(=O)C(C)(C)C)SC. The second kappa shape index (κ2) is 5.78. The van der Waals surface area contributed by atoms with Gasteiger partial charge in [-0.05, 0) is 19.1 Å². The molecule has 0 unspecified atom stereocenters. The highest BCUT2D eigenvalue weighted by molar-refractivity contribution is 8.00. The highest BCUT2D eigenvalue weighted by Crippen LogP contribution is 2.29. The Bertz CT molecular complexity index is 196. The molecule has 0 saturated carbocycles. The minimum Gasteiger partial charge on any atom is -0.354 e. The van der Waals surface area contributed by atoms with Crippen molar-refractivity contribution in [2.24, 2.45) is 5.41 Å². The Morgan fingerprint density at radius 2 is 1.67 bits per heavy atom. The van der Waals surface area contributed by atoms with E-state index < -0.39 is 0 Å². The van der Waals surface area contributed by atoms with Crippen molar-refractivity contribution in [1.82, 2.24) is 5.32 Å². The normalized spacial score (nSPS) is 12.7. The molecule has 0 radical (unpaired) electrons. The summed E-state index contributed by atoms with van der Waals surface area (Å²) in [5, 5.41) is 3.06. The Labute approximate surface area is 98.6 Å². The monoisotopic (exact) mass is 231 g/mol. The summed E-state index contributed by atoms with van der Waals surface area (Å²) in [7, 11) is 0. The molecule has 2 nitrogen and oxygen atoms in total. The molecule has 3 heteroatoms. The summed E-state index contributed by atoms with van der Waals surface area (Å²) in [5.74, 6) is 0.142. The smallest absolute Gasteiger partial charge is 0.225 e. The van der Waals surface area contributed by atoms with Crippen LogP contribution in [0.5, 0.6) is 0 Å². The molecule has 0 fully saturated rings. The molecule has 0 aliphatic rings. The molecule has 0 rings (SSSR count). The molecule has 0 atom stereocenters. The minimum atomic E-state index is -0.286. The first-order valence-electron chi connectivity index (χ1n) is 5.64. The maximum absolute atomic E-state index is 11.7. The third-order valence-electron chi connectivity index (χ3n) is 2.97. The number of carbonyl (C=O) groups is 1. The number of hydrogen-bond acceptors (Lipinski definition) is 2. The van der Waals surface area contributed by atoms with E-state index in [9.17, 15) is 4.79 Å². The zero-order valence-electron chi connectivity index (χ0n) is 10.9. The van der Waals surface area contributed by atoms with Crippen LogP contribution in [0.2, 0.25) is 0 Å². The van der Waals surface area contributed by atoms with E-state index in [0.29, 0.717) is 0 Å². The molecule has 1 amide bonds. The molecule has 1 N–H and O–H groups in total. The lowest BCUT2D eigenvalue weighted by atomic mass is 9.94. The van der Waals surface area contributed by atoms with Crippen LogP contribution in [-0.2, 0) is 4.79 Å². The van der Waals surface area contributed by atoms with E-state index in [2.05, 4.69) is 25.4 Å². The quantitative estimate of drug-likeness (QED) is 0.788. The number of carbonyl (C=O) groups excluding carboxylic acids is 1. The van der Waals surface area contributed by atoms with Gasteiger partial charge in [0.05, 0.1) is 0 Å². The Balaban J connectivity index is 4.29. The molecule has 0 bridgehead atoms. The number of nitrogens with one attached hydrogen (secondary N) is 1. The highest BCUT2D eigenvalue weighted by atomic mass is 32.2. The van der Waals surface area contributed by atoms with Crippen molar-refractivity contribution >= 4 is 17.7 Å². The fourth-order valence-corrected chi connectivity index (χ4v) is 2.16. The van der Waals surface area contributed by atoms with Gasteiger partial charge >= 0.3 is 0 Å². The van der Waals surface area contributed by atoms with E-state index in [1.54, 1.807) is 0 Å². The van der Waals surface area contributed by atoms with Gasteiger partial charge in [0.1, 0.15) is 0 Å². The van der Waals surface area contributed by atoms with Gasteiger partial charge in [0.15, 0.2) is 0 Å². The standard InChI is InChI=1S/C12H25NOS/c1-7-12(8-2,15-6)9-13-10(14)11(3,4)5/h7-9H2,1-6H3,(H,13,14). The van der Waals surface area contributed by atoms with Gasteiger partial charge in [-0.15, -0.1) is 0 Å². The van der Waals surface area contributed by atoms with E-state index in [4.69, 9.17) is 0 Å². The predicted molar refractivity (Wildman–Crippen MR) is 69.3 cm³/mol. The summed E-state index contributed by atoms with van der Waals surface area (Å²) in [5.41, 5.74) is -0.286. The van der Waals surface area contributed by atoms with Gasteiger partial charge in [-0.25, -0.2) is 0 Å². The molecule has 0 aliphatic heterocycles. The van der Waals surface area contributed by atoms with Crippen molar-refractivity contribution in [2.45, 2.75) is 52.2 Å².